The van der Waals surface area contributed by atoms with Gasteiger partial charge in [-0.05, 0) is 35.0 Å². The molecule has 0 fully saturated rings. The largest absolute Gasteiger partial charge is 0.466 e. The van der Waals surface area contributed by atoms with E-state index >= 15 is 0 Å². The minimum Gasteiger partial charge on any atom is -0.466 e. The van der Waals surface area contributed by atoms with E-state index in [1.54, 1.807) is 19.1 Å². The number of esters is 1. The molecule has 0 aliphatic heterocycles. The molecule has 6 heteroatoms. The summed E-state index contributed by atoms with van der Waals surface area (Å²) in [6.07, 6.45) is 0.133. The van der Waals surface area contributed by atoms with Crippen LogP contribution in [0.3, 0.4) is 0 Å². The van der Waals surface area contributed by atoms with Crippen molar-refractivity contribution in [2.45, 2.75) is 19.4 Å². The molecule has 0 unspecified atom stereocenters. The highest BCUT2D eigenvalue weighted by Gasteiger charge is 2.15. The van der Waals surface area contributed by atoms with E-state index in [9.17, 15) is 4.79 Å². The first-order valence-corrected chi connectivity index (χ1v) is 5.09. The molecule has 1 aromatic heterocycles. The van der Waals surface area contributed by atoms with Gasteiger partial charge in [-0.25, -0.2) is 0 Å². The summed E-state index contributed by atoms with van der Waals surface area (Å²) in [5.74, 6) is 0.262. The lowest BCUT2D eigenvalue weighted by Crippen LogP contribution is -2.16. The summed E-state index contributed by atoms with van der Waals surface area (Å²) in [5, 5.41) is 0. The van der Waals surface area contributed by atoms with Crippen molar-refractivity contribution in [1.29, 1.82) is 0 Å². The second-order valence-corrected chi connectivity index (χ2v) is 3.54. The second kappa shape index (κ2) is 6.87. The molecule has 1 heterocycles. The Morgan fingerprint density at radius 1 is 1.67 bits per heavy atom. The summed E-state index contributed by atoms with van der Waals surface area (Å²) in [6.45, 7) is 2.13. The standard InChI is InChI=1S/C9H12BrNO3.ClH/c1-2-13-9(12)5-6(11)7-3-4-8(10)14-7;/h3-4,6H,2,5,11H2,1H3;1H/t6-;/m0./s1. The van der Waals surface area contributed by atoms with Crippen molar-refractivity contribution in [1.82, 2.24) is 0 Å². The van der Waals surface area contributed by atoms with Gasteiger partial charge in [-0.1, -0.05) is 0 Å². The van der Waals surface area contributed by atoms with Crippen LogP contribution < -0.4 is 5.73 Å². The molecule has 2 N–H and O–H groups in total. The number of ether oxygens (including phenoxy) is 1. The highest BCUT2D eigenvalue weighted by Crippen LogP contribution is 2.21. The zero-order valence-corrected chi connectivity index (χ0v) is 10.6. The Hall–Kier alpha value is -0.520. The average molecular weight is 299 g/mol. The van der Waals surface area contributed by atoms with Gasteiger partial charge in [0, 0.05) is 0 Å². The molecule has 1 rings (SSSR count). The SMILES string of the molecule is CCOC(=O)C[C@H](N)c1ccc(Br)o1.Cl. The number of nitrogens with two attached hydrogens (primary N) is 1. The highest BCUT2D eigenvalue weighted by molar-refractivity contribution is 9.10. The summed E-state index contributed by atoms with van der Waals surface area (Å²) in [7, 11) is 0. The normalized spacial score (nSPS) is 11.7. The third-order valence-corrected chi connectivity index (χ3v) is 2.08. The monoisotopic (exact) mass is 297 g/mol. The van der Waals surface area contributed by atoms with Crippen molar-refractivity contribution in [2.24, 2.45) is 5.73 Å². The van der Waals surface area contributed by atoms with Crippen molar-refractivity contribution in [3.63, 3.8) is 0 Å². The predicted molar refractivity (Wildman–Crippen MR) is 61.8 cm³/mol. The van der Waals surface area contributed by atoms with Crippen LogP contribution in [0.5, 0.6) is 0 Å². The highest BCUT2D eigenvalue weighted by atomic mass is 79.9. The third-order valence-electron chi connectivity index (χ3n) is 1.65. The van der Waals surface area contributed by atoms with Gasteiger partial charge in [0.2, 0.25) is 0 Å². The fourth-order valence-electron chi connectivity index (χ4n) is 1.03. The first kappa shape index (κ1) is 14.5. The molecular weight excluding hydrogens is 285 g/mol. The molecule has 0 aliphatic rings. The van der Waals surface area contributed by atoms with Gasteiger partial charge in [-0.15, -0.1) is 12.4 Å². The Bertz CT molecular complexity index is 316. The molecule has 0 aliphatic carbocycles. The fraction of sp³-hybridized carbons (Fsp3) is 0.444. The number of hydrogen-bond acceptors (Lipinski definition) is 4. The molecule has 4 nitrogen and oxygen atoms in total. The van der Waals surface area contributed by atoms with Gasteiger partial charge in [0.1, 0.15) is 5.76 Å². The maximum Gasteiger partial charge on any atom is 0.307 e. The number of halogens is 2. The quantitative estimate of drug-likeness (QED) is 0.867. The van der Waals surface area contributed by atoms with Crippen molar-refractivity contribution < 1.29 is 13.9 Å². The van der Waals surface area contributed by atoms with Gasteiger partial charge in [-0.2, -0.15) is 0 Å². The van der Waals surface area contributed by atoms with Crippen LogP contribution in [0.1, 0.15) is 25.1 Å². The maximum absolute atomic E-state index is 11.1. The summed E-state index contributed by atoms with van der Waals surface area (Å²) < 4.78 is 10.6. The Morgan fingerprint density at radius 2 is 2.33 bits per heavy atom. The van der Waals surface area contributed by atoms with E-state index < -0.39 is 6.04 Å². The third kappa shape index (κ3) is 4.68. The van der Waals surface area contributed by atoms with Crippen molar-refractivity contribution >= 4 is 34.3 Å². The molecule has 0 spiro atoms. The van der Waals surface area contributed by atoms with Crippen LogP contribution in [-0.2, 0) is 9.53 Å². The fourth-order valence-corrected chi connectivity index (χ4v) is 1.35. The van der Waals surface area contributed by atoms with Crippen molar-refractivity contribution in [3.8, 4) is 0 Å². The Balaban J connectivity index is 0.00000196. The molecule has 86 valence electrons. The minimum absolute atomic E-state index is 0. The molecule has 1 atom stereocenters. The first-order chi connectivity index (χ1) is 6.63. The molecule has 0 radical (unpaired) electrons. The van der Waals surface area contributed by atoms with Gasteiger partial charge in [0.15, 0.2) is 4.67 Å². The number of carbonyl (C=O) groups excluding carboxylic acids is 1. The number of hydrogen-bond donors (Lipinski definition) is 1. The second-order valence-electron chi connectivity index (χ2n) is 2.76. The summed E-state index contributed by atoms with van der Waals surface area (Å²) in [4.78, 5) is 11.1. The zero-order chi connectivity index (χ0) is 10.6. The summed E-state index contributed by atoms with van der Waals surface area (Å²) in [6, 6.07) is 3.02. The van der Waals surface area contributed by atoms with Crippen LogP contribution in [0.2, 0.25) is 0 Å². The molecular formula is C9H13BrClNO3. The lowest BCUT2D eigenvalue weighted by atomic mass is 10.2. The lowest BCUT2D eigenvalue weighted by molar-refractivity contribution is -0.143. The lowest BCUT2D eigenvalue weighted by Gasteiger charge is -2.07. The van der Waals surface area contributed by atoms with E-state index in [2.05, 4.69) is 15.9 Å². The van der Waals surface area contributed by atoms with Crippen LogP contribution in [0, 0.1) is 0 Å². The van der Waals surface area contributed by atoms with Gasteiger partial charge in [0.25, 0.3) is 0 Å². The van der Waals surface area contributed by atoms with E-state index in [1.165, 1.54) is 0 Å². The van der Waals surface area contributed by atoms with Crippen molar-refractivity contribution in [2.75, 3.05) is 6.61 Å². The van der Waals surface area contributed by atoms with Gasteiger partial charge >= 0.3 is 5.97 Å². The van der Waals surface area contributed by atoms with Crippen LogP contribution >= 0.6 is 28.3 Å². The van der Waals surface area contributed by atoms with E-state index in [0.29, 0.717) is 17.0 Å². The number of rotatable bonds is 4. The summed E-state index contributed by atoms with van der Waals surface area (Å²) in [5.41, 5.74) is 5.72. The maximum atomic E-state index is 11.1. The molecule has 0 saturated carbocycles. The van der Waals surface area contributed by atoms with E-state index in [-0.39, 0.29) is 24.8 Å². The van der Waals surface area contributed by atoms with E-state index in [1.807, 2.05) is 0 Å². The van der Waals surface area contributed by atoms with Crippen LogP contribution in [0.25, 0.3) is 0 Å². The van der Waals surface area contributed by atoms with E-state index in [0.717, 1.165) is 0 Å². The van der Waals surface area contributed by atoms with E-state index in [4.69, 9.17) is 14.9 Å². The Kier molecular flexibility index (Phi) is 6.63. The van der Waals surface area contributed by atoms with Crippen LogP contribution in [-0.4, -0.2) is 12.6 Å². The molecule has 0 aromatic carbocycles. The van der Waals surface area contributed by atoms with Gasteiger partial charge in [0.05, 0.1) is 19.1 Å². The smallest absolute Gasteiger partial charge is 0.307 e. The predicted octanol–water partition coefficient (Wildman–Crippen LogP) is 2.42. The first-order valence-electron chi connectivity index (χ1n) is 4.30. The number of carbonyl (C=O) groups is 1. The summed E-state index contributed by atoms with van der Waals surface area (Å²) >= 11 is 3.16. The molecule has 0 amide bonds. The van der Waals surface area contributed by atoms with Gasteiger partial charge in [-0.3, -0.25) is 4.79 Å². The minimum atomic E-state index is -0.444. The van der Waals surface area contributed by atoms with Gasteiger partial charge < -0.3 is 14.9 Å². The topological polar surface area (TPSA) is 65.5 Å². The van der Waals surface area contributed by atoms with Crippen molar-refractivity contribution in [3.05, 3.63) is 22.6 Å². The molecule has 0 bridgehead atoms. The Labute approximate surface area is 103 Å². The van der Waals surface area contributed by atoms with Crippen LogP contribution in [0.15, 0.2) is 21.2 Å². The molecule has 1 aromatic rings. The van der Waals surface area contributed by atoms with Crippen LogP contribution in [0.4, 0.5) is 0 Å². The molecule has 0 saturated heterocycles. The number of furan rings is 1. The zero-order valence-electron chi connectivity index (χ0n) is 8.23. The average Bonchev–Trinajstić information content (AvgIpc) is 2.52. The Morgan fingerprint density at radius 3 is 2.80 bits per heavy atom. The molecule has 15 heavy (non-hydrogen) atoms.